The van der Waals surface area contributed by atoms with Gasteiger partial charge in [0.2, 0.25) is 0 Å². The Bertz CT molecular complexity index is 284. The van der Waals surface area contributed by atoms with Crippen LogP contribution in [0.15, 0.2) is 11.6 Å². The first-order valence-corrected chi connectivity index (χ1v) is 7.24. The lowest BCUT2D eigenvalue weighted by Gasteiger charge is -2.63. The van der Waals surface area contributed by atoms with Gasteiger partial charge in [0.25, 0.3) is 0 Å². The zero-order valence-corrected chi connectivity index (χ0v) is 11.7. The molecule has 3 saturated carbocycles. The van der Waals surface area contributed by atoms with E-state index in [4.69, 9.17) is 0 Å². The third kappa shape index (κ3) is 1.65. The quantitative estimate of drug-likeness (QED) is 0.501. The molecule has 4 aliphatic carbocycles. The topological polar surface area (TPSA) is 0 Å². The molecule has 4 aliphatic rings. The first-order valence-electron chi connectivity index (χ1n) is 7.24. The second-order valence-corrected chi connectivity index (χ2v) is 6.51. The van der Waals surface area contributed by atoms with Crippen molar-refractivity contribution in [2.45, 2.75) is 60.3 Å². The van der Waals surface area contributed by atoms with E-state index in [9.17, 15) is 0 Å². The van der Waals surface area contributed by atoms with Crippen LogP contribution in [0.25, 0.3) is 0 Å². The van der Waals surface area contributed by atoms with Crippen LogP contribution in [0, 0.1) is 29.1 Å². The predicted molar refractivity (Wildman–Crippen MR) is 71.3 cm³/mol. The van der Waals surface area contributed by atoms with E-state index in [-0.39, 0.29) is 0 Å². The van der Waals surface area contributed by atoms with E-state index in [2.05, 4.69) is 26.8 Å². The molecule has 4 unspecified atom stereocenters. The van der Waals surface area contributed by atoms with Gasteiger partial charge in [-0.05, 0) is 61.7 Å². The summed E-state index contributed by atoms with van der Waals surface area (Å²) >= 11 is 0. The normalized spacial score (nSPS) is 43.2. The highest BCUT2D eigenvalue weighted by atomic mass is 14.6. The van der Waals surface area contributed by atoms with E-state index in [1.807, 2.05) is 13.8 Å². The van der Waals surface area contributed by atoms with Crippen molar-refractivity contribution in [2.24, 2.45) is 29.1 Å². The lowest BCUT2D eigenvalue weighted by Crippen LogP contribution is -2.56. The van der Waals surface area contributed by atoms with Gasteiger partial charge < -0.3 is 0 Å². The molecule has 0 heterocycles. The molecule has 0 saturated heterocycles. The third-order valence-electron chi connectivity index (χ3n) is 5.58. The van der Waals surface area contributed by atoms with Crippen LogP contribution >= 0.6 is 0 Å². The van der Waals surface area contributed by atoms with Crippen molar-refractivity contribution in [2.75, 3.05) is 0 Å². The van der Waals surface area contributed by atoms with Gasteiger partial charge in [0.1, 0.15) is 0 Å². The molecular weight excluding hydrogens is 192 g/mol. The molecule has 16 heavy (non-hydrogen) atoms. The molecule has 0 spiro atoms. The molecule has 3 fully saturated rings. The Morgan fingerprint density at radius 2 is 1.88 bits per heavy atom. The minimum atomic E-state index is 0.681. The molecule has 2 bridgehead atoms. The molecule has 0 aromatic heterocycles. The zero-order chi connectivity index (χ0) is 11.9. The molecule has 0 amide bonds. The van der Waals surface area contributed by atoms with Crippen LogP contribution in [0.5, 0.6) is 0 Å². The number of hydrogen-bond donors (Lipinski definition) is 0. The van der Waals surface area contributed by atoms with Crippen LogP contribution < -0.4 is 0 Å². The highest BCUT2D eigenvalue weighted by Crippen LogP contribution is 2.65. The third-order valence-corrected chi connectivity index (χ3v) is 5.58. The summed E-state index contributed by atoms with van der Waals surface area (Å²) in [7, 11) is 0. The average Bonchev–Trinajstić information content (AvgIpc) is 2.30. The van der Waals surface area contributed by atoms with Crippen molar-refractivity contribution in [3.8, 4) is 0 Å². The van der Waals surface area contributed by atoms with Crippen molar-refractivity contribution < 1.29 is 0 Å². The molecule has 0 aromatic carbocycles. The second-order valence-electron chi connectivity index (χ2n) is 6.51. The van der Waals surface area contributed by atoms with E-state index in [0.29, 0.717) is 5.41 Å². The van der Waals surface area contributed by atoms with Crippen LogP contribution in [0.2, 0.25) is 0 Å². The van der Waals surface area contributed by atoms with Gasteiger partial charge in [-0.3, -0.25) is 0 Å². The summed E-state index contributed by atoms with van der Waals surface area (Å²) in [4.78, 5) is 0. The van der Waals surface area contributed by atoms with Gasteiger partial charge in [0, 0.05) is 0 Å². The molecule has 4 rings (SSSR count). The minimum absolute atomic E-state index is 0.681. The predicted octanol–water partition coefficient (Wildman–Crippen LogP) is 5.05. The summed E-state index contributed by atoms with van der Waals surface area (Å²) in [6, 6.07) is 0. The van der Waals surface area contributed by atoms with Crippen LogP contribution in [-0.2, 0) is 0 Å². The molecule has 0 N–H and O–H groups in total. The summed E-state index contributed by atoms with van der Waals surface area (Å²) in [5.41, 5.74) is 2.34. The smallest absolute Gasteiger partial charge is 0.0292 e. The zero-order valence-electron chi connectivity index (χ0n) is 11.7. The Morgan fingerprint density at radius 3 is 2.50 bits per heavy atom. The summed E-state index contributed by atoms with van der Waals surface area (Å²) < 4.78 is 0. The van der Waals surface area contributed by atoms with E-state index < -0.39 is 0 Å². The largest absolute Gasteiger partial charge is 0.0853 e. The van der Waals surface area contributed by atoms with Crippen molar-refractivity contribution in [1.82, 2.24) is 0 Å². The standard InChI is InChI=1S/C14H22.C2H6/c1-9-4-5-12-10(6-9)7-11-8-13(12)14(11,2)3;1-2/h4,10-13H,5-8H2,1-3H3;1-2H3. The number of hydrogen-bond acceptors (Lipinski definition) is 0. The van der Waals surface area contributed by atoms with Crippen molar-refractivity contribution in [1.29, 1.82) is 0 Å². The first-order chi connectivity index (χ1) is 7.59. The number of allylic oxidation sites excluding steroid dienone is 2. The molecule has 0 heteroatoms. The summed E-state index contributed by atoms with van der Waals surface area (Å²) in [5, 5.41) is 0. The molecular formula is C16H28. The fourth-order valence-electron chi connectivity index (χ4n) is 4.48. The van der Waals surface area contributed by atoms with Crippen LogP contribution in [-0.4, -0.2) is 0 Å². The summed E-state index contributed by atoms with van der Waals surface area (Å²) in [5.74, 6) is 4.20. The molecule has 0 aliphatic heterocycles. The van der Waals surface area contributed by atoms with Gasteiger partial charge in [-0.15, -0.1) is 0 Å². The lowest BCUT2D eigenvalue weighted by atomic mass is 9.42. The molecule has 4 atom stereocenters. The Hall–Kier alpha value is -0.260. The van der Waals surface area contributed by atoms with E-state index in [1.54, 1.807) is 12.0 Å². The van der Waals surface area contributed by atoms with Gasteiger partial charge in [0.05, 0.1) is 0 Å². The molecule has 0 nitrogen and oxygen atoms in total. The molecule has 0 radical (unpaired) electrons. The molecule has 0 aromatic rings. The SMILES string of the molecule is CC.CC1=CCC2C(C1)CC1CC2C1(C)C. The van der Waals surface area contributed by atoms with Gasteiger partial charge >= 0.3 is 0 Å². The Labute approximate surface area is 102 Å². The van der Waals surface area contributed by atoms with Crippen LogP contribution in [0.4, 0.5) is 0 Å². The average molecular weight is 220 g/mol. The van der Waals surface area contributed by atoms with Gasteiger partial charge in [0.15, 0.2) is 0 Å². The second kappa shape index (κ2) is 4.20. The lowest BCUT2D eigenvalue weighted by molar-refractivity contribution is -0.135. The highest BCUT2D eigenvalue weighted by Gasteiger charge is 2.57. The summed E-state index contributed by atoms with van der Waals surface area (Å²) in [6.45, 7) is 11.3. The number of rotatable bonds is 0. The summed E-state index contributed by atoms with van der Waals surface area (Å²) in [6.07, 6.45) is 8.38. The highest BCUT2D eigenvalue weighted by molar-refractivity contribution is 5.14. The van der Waals surface area contributed by atoms with E-state index in [1.165, 1.54) is 19.3 Å². The maximum atomic E-state index is 2.51. The Kier molecular flexibility index (Phi) is 3.20. The monoisotopic (exact) mass is 220 g/mol. The maximum absolute atomic E-state index is 2.51. The molecule has 92 valence electrons. The van der Waals surface area contributed by atoms with Crippen LogP contribution in [0.3, 0.4) is 0 Å². The van der Waals surface area contributed by atoms with Gasteiger partial charge in [-0.1, -0.05) is 39.3 Å². The van der Waals surface area contributed by atoms with Crippen molar-refractivity contribution >= 4 is 0 Å². The first kappa shape index (κ1) is 12.2. The van der Waals surface area contributed by atoms with Crippen LogP contribution in [0.1, 0.15) is 60.3 Å². The van der Waals surface area contributed by atoms with E-state index >= 15 is 0 Å². The van der Waals surface area contributed by atoms with Gasteiger partial charge in [-0.25, -0.2) is 0 Å². The van der Waals surface area contributed by atoms with Gasteiger partial charge in [-0.2, -0.15) is 0 Å². The fraction of sp³-hybridized carbons (Fsp3) is 0.875. The van der Waals surface area contributed by atoms with Crippen molar-refractivity contribution in [3.05, 3.63) is 11.6 Å². The Balaban J connectivity index is 0.000000457. The minimum Gasteiger partial charge on any atom is -0.0853 e. The fourth-order valence-corrected chi connectivity index (χ4v) is 4.48. The maximum Gasteiger partial charge on any atom is -0.0292 e. The Morgan fingerprint density at radius 1 is 1.19 bits per heavy atom. The van der Waals surface area contributed by atoms with Crippen molar-refractivity contribution in [3.63, 3.8) is 0 Å². The van der Waals surface area contributed by atoms with E-state index in [0.717, 1.165) is 23.7 Å².